The van der Waals surface area contributed by atoms with Crippen molar-refractivity contribution in [1.82, 2.24) is 10.2 Å². The average molecular weight is 286 g/mol. The Kier molecular flexibility index (Phi) is 6.76. The van der Waals surface area contributed by atoms with E-state index in [0.717, 1.165) is 38.9 Å². The number of aliphatic hydroxyl groups is 1. The molecule has 0 aromatic rings. The lowest BCUT2D eigenvalue weighted by Crippen LogP contribution is -2.47. The van der Waals surface area contributed by atoms with Crippen LogP contribution in [0.25, 0.3) is 0 Å². The van der Waals surface area contributed by atoms with Gasteiger partial charge in [0.15, 0.2) is 0 Å². The number of carbonyl (C=O) groups is 1. The highest BCUT2D eigenvalue weighted by molar-refractivity contribution is 5.67. The average Bonchev–Trinajstić information content (AvgIpc) is 2.36. The maximum atomic E-state index is 11.6. The Morgan fingerprint density at radius 2 is 2.05 bits per heavy atom. The molecule has 0 saturated carbocycles. The summed E-state index contributed by atoms with van der Waals surface area (Å²) in [7, 11) is 0. The SMILES string of the molecule is CCOC(=O)N1CCC(NCC(C)(C)CC(C)O)CC1. The zero-order valence-corrected chi connectivity index (χ0v) is 13.3. The fourth-order valence-electron chi connectivity index (χ4n) is 2.77. The van der Waals surface area contributed by atoms with Crippen LogP contribution in [0.2, 0.25) is 0 Å². The summed E-state index contributed by atoms with van der Waals surface area (Å²) in [5.41, 5.74) is 0.0897. The third-order valence-electron chi connectivity index (χ3n) is 3.74. The number of hydrogen-bond donors (Lipinski definition) is 2. The van der Waals surface area contributed by atoms with Crippen molar-refractivity contribution in [2.75, 3.05) is 26.2 Å². The van der Waals surface area contributed by atoms with Crippen LogP contribution in [-0.2, 0) is 4.74 Å². The van der Waals surface area contributed by atoms with E-state index in [1.165, 1.54) is 0 Å². The Hall–Kier alpha value is -0.810. The third-order valence-corrected chi connectivity index (χ3v) is 3.74. The van der Waals surface area contributed by atoms with Gasteiger partial charge >= 0.3 is 6.09 Å². The smallest absolute Gasteiger partial charge is 0.409 e. The van der Waals surface area contributed by atoms with Gasteiger partial charge in [0.05, 0.1) is 12.7 Å². The molecule has 0 bridgehead atoms. The number of nitrogens with one attached hydrogen (secondary N) is 1. The van der Waals surface area contributed by atoms with Crippen LogP contribution in [0.1, 0.15) is 47.0 Å². The standard InChI is InChI=1S/C15H30N2O3/c1-5-20-14(19)17-8-6-13(7-9-17)16-11-15(3,4)10-12(2)18/h12-13,16,18H,5-11H2,1-4H3. The Morgan fingerprint density at radius 1 is 1.45 bits per heavy atom. The molecule has 1 atom stereocenters. The maximum absolute atomic E-state index is 11.6. The van der Waals surface area contributed by atoms with Crippen LogP contribution in [-0.4, -0.2) is 54.5 Å². The zero-order valence-electron chi connectivity index (χ0n) is 13.3. The molecule has 2 N–H and O–H groups in total. The second-order valence-corrected chi connectivity index (χ2v) is 6.56. The summed E-state index contributed by atoms with van der Waals surface area (Å²) in [4.78, 5) is 13.4. The molecule has 1 amide bonds. The van der Waals surface area contributed by atoms with Gasteiger partial charge in [-0.3, -0.25) is 0 Å². The van der Waals surface area contributed by atoms with Crippen LogP contribution in [0.4, 0.5) is 4.79 Å². The van der Waals surface area contributed by atoms with E-state index in [-0.39, 0.29) is 17.6 Å². The largest absolute Gasteiger partial charge is 0.450 e. The highest BCUT2D eigenvalue weighted by Crippen LogP contribution is 2.22. The topological polar surface area (TPSA) is 61.8 Å². The van der Waals surface area contributed by atoms with Gasteiger partial charge in [0, 0.05) is 25.7 Å². The Bertz CT molecular complexity index is 297. The summed E-state index contributed by atoms with van der Waals surface area (Å²) in [5, 5.41) is 13.1. The van der Waals surface area contributed by atoms with E-state index in [2.05, 4.69) is 19.2 Å². The molecule has 1 heterocycles. The predicted octanol–water partition coefficient (Wildman–Crippen LogP) is 1.99. The van der Waals surface area contributed by atoms with E-state index in [9.17, 15) is 9.90 Å². The first-order valence-electron chi connectivity index (χ1n) is 7.67. The summed E-state index contributed by atoms with van der Waals surface area (Å²) in [6, 6.07) is 0.453. The number of rotatable bonds is 6. The molecule has 5 heteroatoms. The molecule has 0 aliphatic carbocycles. The van der Waals surface area contributed by atoms with Crippen molar-refractivity contribution < 1.29 is 14.6 Å². The first-order chi connectivity index (χ1) is 9.34. The number of aliphatic hydroxyl groups excluding tert-OH is 1. The molecule has 0 spiro atoms. The van der Waals surface area contributed by atoms with Crippen molar-refractivity contribution in [3.63, 3.8) is 0 Å². The van der Waals surface area contributed by atoms with Gasteiger partial charge in [-0.15, -0.1) is 0 Å². The number of piperidine rings is 1. The molecule has 5 nitrogen and oxygen atoms in total. The van der Waals surface area contributed by atoms with Crippen LogP contribution < -0.4 is 5.32 Å². The zero-order chi connectivity index (χ0) is 15.2. The Labute approximate surface area is 122 Å². The molecular formula is C15H30N2O3. The van der Waals surface area contributed by atoms with Crippen LogP contribution in [0.3, 0.4) is 0 Å². The monoisotopic (exact) mass is 286 g/mol. The van der Waals surface area contributed by atoms with Crippen LogP contribution >= 0.6 is 0 Å². The second-order valence-electron chi connectivity index (χ2n) is 6.56. The van der Waals surface area contributed by atoms with Crippen molar-refractivity contribution in [2.45, 2.75) is 59.1 Å². The summed E-state index contributed by atoms with van der Waals surface area (Å²) in [6.07, 6.45) is 2.26. The molecule has 1 saturated heterocycles. The minimum Gasteiger partial charge on any atom is -0.450 e. The molecule has 1 rings (SSSR count). The maximum Gasteiger partial charge on any atom is 0.409 e. The van der Waals surface area contributed by atoms with Crippen LogP contribution in [0.15, 0.2) is 0 Å². The van der Waals surface area contributed by atoms with Gasteiger partial charge in [-0.25, -0.2) is 4.79 Å². The number of amides is 1. The van der Waals surface area contributed by atoms with Gasteiger partial charge in [0.25, 0.3) is 0 Å². The van der Waals surface area contributed by atoms with E-state index in [1.807, 2.05) is 13.8 Å². The lowest BCUT2D eigenvalue weighted by molar-refractivity contribution is 0.0917. The van der Waals surface area contributed by atoms with Gasteiger partial charge < -0.3 is 20.1 Å². The molecule has 1 aliphatic heterocycles. The van der Waals surface area contributed by atoms with Gasteiger partial charge in [-0.05, 0) is 38.5 Å². The Morgan fingerprint density at radius 3 is 2.55 bits per heavy atom. The number of carbonyl (C=O) groups excluding carboxylic acids is 1. The third kappa shape index (κ3) is 6.09. The molecule has 1 unspecified atom stereocenters. The number of ether oxygens (including phenoxy) is 1. The molecule has 0 aromatic heterocycles. The van der Waals surface area contributed by atoms with Crippen molar-refractivity contribution in [3.8, 4) is 0 Å². The molecule has 1 fully saturated rings. The minimum absolute atomic E-state index is 0.0897. The first-order valence-corrected chi connectivity index (χ1v) is 7.67. The van der Waals surface area contributed by atoms with Gasteiger partial charge in [0.2, 0.25) is 0 Å². The van der Waals surface area contributed by atoms with E-state index in [0.29, 0.717) is 12.6 Å². The van der Waals surface area contributed by atoms with Crippen molar-refractivity contribution in [1.29, 1.82) is 0 Å². The van der Waals surface area contributed by atoms with Crippen molar-refractivity contribution in [3.05, 3.63) is 0 Å². The fourth-order valence-corrected chi connectivity index (χ4v) is 2.77. The second kappa shape index (κ2) is 7.84. The summed E-state index contributed by atoms with van der Waals surface area (Å²) < 4.78 is 5.01. The van der Waals surface area contributed by atoms with Crippen LogP contribution in [0.5, 0.6) is 0 Å². The lowest BCUT2D eigenvalue weighted by atomic mass is 9.86. The van der Waals surface area contributed by atoms with Gasteiger partial charge in [-0.1, -0.05) is 13.8 Å². The minimum atomic E-state index is -0.266. The normalized spacial score (nSPS) is 18.9. The predicted molar refractivity (Wildman–Crippen MR) is 79.7 cm³/mol. The molecule has 1 aliphatic rings. The fraction of sp³-hybridized carbons (Fsp3) is 0.933. The molecule has 0 aromatic carbocycles. The van der Waals surface area contributed by atoms with E-state index >= 15 is 0 Å². The van der Waals surface area contributed by atoms with Gasteiger partial charge in [0.1, 0.15) is 0 Å². The van der Waals surface area contributed by atoms with Crippen molar-refractivity contribution >= 4 is 6.09 Å². The van der Waals surface area contributed by atoms with Crippen molar-refractivity contribution in [2.24, 2.45) is 5.41 Å². The lowest BCUT2D eigenvalue weighted by Gasteiger charge is -2.34. The van der Waals surface area contributed by atoms with E-state index in [1.54, 1.807) is 4.90 Å². The molecule has 20 heavy (non-hydrogen) atoms. The first kappa shape index (κ1) is 17.2. The molecular weight excluding hydrogens is 256 g/mol. The van der Waals surface area contributed by atoms with Crippen LogP contribution in [0, 0.1) is 5.41 Å². The highest BCUT2D eigenvalue weighted by atomic mass is 16.6. The summed E-state index contributed by atoms with van der Waals surface area (Å²) >= 11 is 0. The summed E-state index contributed by atoms with van der Waals surface area (Å²) in [5.74, 6) is 0. The van der Waals surface area contributed by atoms with E-state index < -0.39 is 0 Å². The number of likely N-dealkylation sites (tertiary alicyclic amines) is 1. The highest BCUT2D eigenvalue weighted by Gasteiger charge is 2.26. The molecule has 118 valence electrons. The Balaban J connectivity index is 2.27. The molecule has 0 radical (unpaired) electrons. The number of nitrogens with zero attached hydrogens (tertiary/aromatic N) is 1. The quantitative estimate of drug-likeness (QED) is 0.784. The number of hydrogen-bond acceptors (Lipinski definition) is 4. The summed E-state index contributed by atoms with van der Waals surface area (Å²) in [6.45, 7) is 10.8. The van der Waals surface area contributed by atoms with Gasteiger partial charge in [-0.2, -0.15) is 0 Å². The van der Waals surface area contributed by atoms with E-state index in [4.69, 9.17) is 4.74 Å².